The summed E-state index contributed by atoms with van der Waals surface area (Å²) in [4.78, 5) is 0. The van der Waals surface area contributed by atoms with Crippen LogP contribution < -0.4 is 0 Å². The van der Waals surface area contributed by atoms with Gasteiger partial charge in [-0.25, -0.2) is 0 Å². The molecule has 14 heavy (non-hydrogen) atoms. The van der Waals surface area contributed by atoms with E-state index in [9.17, 15) is 0 Å². The van der Waals surface area contributed by atoms with Crippen molar-refractivity contribution in [1.82, 2.24) is 0 Å². The van der Waals surface area contributed by atoms with Gasteiger partial charge in [-0.15, -0.1) is 33.2 Å². The van der Waals surface area contributed by atoms with E-state index in [0.29, 0.717) is 0 Å². The minimum absolute atomic E-state index is 0.134. The van der Waals surface area contributed by atoms with E-state index in [1.165, 1.54) is 32.1 Å². The van der Waals surface area contributed by atoms with E-state index in [-0.39, 0.29) is 5.54 Å². The van der Waals surface area contributed by atoms with E-state index in [0.717, 1.165) is 5.92 Å². The Morgan fingerprint density at radius 1 is 1.14 bits per heavy atom. The predicted octanol–water partition coefficient (Wildman–Crippen LogP) is 5.17. The quantitative estimate of drug-likeness (QED) is 0.377. The Labute approximate surface area is 102 Å². The maximum Gasteiger partial charge on any atom is 0.347 e. The van der Waals surface area contributed by atoms with E-state index >= 15 is 0 Å². The van der Waals surface area contributed by atoms with Crippen molar-refractivity contribution in [2.24, 2.45) is 5.92 Å². The molecule has 1 atom stereocenters. The van der Waals surface area contributed by atoms with Crippen LogP contribution in [0.15, 0.2) is 12.2 Å². The van der Waals surface area contributed by atoms with Crippen LogP contribution in [-0.2, 0) is 0 Å². The summed E-state index contributed by atoms with van der Waals surface area (Å²) < 4.78 is 0. The summed E-state index contributed by atoms with van der Waals surface area (Å²) in [7, 11) is 0. The number of rotatable bonds is 3. The third-order valence-electron chi connectivity index (χ3n) is 2.84. The standard InChI is InChI=1S/C10H17Cl3Si/c1-9(14(11,12)13)7-8-10-5-3-2-4-6-10/h7-10H,2-6H2,1H3/b8-7+. The maximum atomic E-state index is 5.92. The van der Waals surface area contributed by atoms with Gasteiger partial charge < -0.3 is 0 Å². The molecule has 82 valence electrons. The van der Waals surface area contributed by atoms with Gasteiger partial charge in [0, 0.05) is 5.54 Å². The maximum absolute atomic E-state index is 5.92. The van der Waals surface area contributed by atoms with Crippen LogP contribution in [0, 0.1) is 5.92 Å². The minimum Gasteiger partial charge on any atom is -0.125 e. The fourth-order valence-electron chi connectivity index (χ4n) is 1.76. The molecule has 1 saturated carbocycles. The van der Waals surface area contributed by atoms with Crippen LogP contribution in [0.25, 0.3) is 0 Å². The molecule has 0 amide bonds. The van der Waals surface area contributed by atoms with Gasteiger partial charge in [-0.05, 0) is 18.8 Å². The Kier molecular flexibility index (Phi) is 5.33. The van der Waals surface area contributed by atoms with Gasteiger partial charge in [-0.1, -0.05) is 38.3 Å². The molecule has 1 fully saturated rings. The lowest BCUT2D eigenvalue weighted by atomic mass is 9.89. The molecule has 1 aliphatic rings. The van der Waals surface area contributed by atoms with E-state index in [1.807, 2.05) is 6.92 Å². The van der Waals surface area contributed by atoms with Crippen LogP contribution >= 0.6 is 33.2 Å². The Morgan fingerprint density at radius 2 is 1.71 bits per heavy atom. The highest BCUT2D eigenvalue weighted by Crippen LogP contribution is 2.35. The van der Waals surface area contributed by atoms with Gasteiger partial charge in [0.25, 0.3) is 0 Å². The molecular formula is C10H17Cl3Si. The number of hydrogen-bond acceptors (Lipinski definition) is 0. The van der Waals surface area contributed by atoms with Crippen molar-refractivity contribution >= 4 is 39.2 Å². The Balaban J connectivity index is 2.38. The molecule has 4 heteroatoms. The van der Waals surface area contributed by atoms with Crippen molar-refractivity contribution in [2.45, 2.75) is 44.6 Å². The SMILES string of the molecule is CC(/C=C/C1CCCCC1)[Si](Cl)(Cl)Cl. The highest BCUT2D eigenvalue weighted by atomic mass is 35.8. The summed E-state index contributed by atoms with van der Waals surface area (Å²) in [5, 5.41) is 0. The number of halogens is 3. The van der Waals surface area contributed by atoms with Crippen LogP contribution in [0.2, 0.25) is 5.54 Å². The van der Waals surface area contributed by atoms with Crippen molar-refractivity contribution in [3.63, 3.8) is 0 Å². The topological polar surface area (TPSA) is 0 Å². The molecule has 0 nitrogen and oxygen atoms in total. The fraction of sp³-hybridized carbons (Fsp3) is 0.800. The van der Waals surface area contributed by atoms with Crippen LogP contribution in [0.1, 0.15) is 39.0 Å². The molecule has 0 radical (unpaired) electrons. The van der Waals surface area contributed by atoms with Crippen molar-refractivity contribution in [2.75, 3.05) is 0 Å². The second-order valence-corrected chi connectivity index (χ2v) is 13.2. The van der Waals surface area contributed by atoms with Gasteiger partial charge in [0.15, 0.2) is 0 Å². The molecule has 0 bridgehead atoms. The summed E-state index contributed by atoms with van der Waals surface area (Å²) >= 11 is 17.8. The van der Waals surface area contributed by atoms with Crippen molar-refractivity contribution in [3.05, 3.63) is 12.2 Å². The van der Waals surface area contributed by atoms with E-state index in [2.05, 4.69) is 12.2 Å². The van der Waals surface area contributed by atoms with E-state index in [4.69, 9.17) is 33.2 Å². The highest BCUT2D eigenvalue weighted by Gasteiger charge is 2.31. The average molecular weight is 272 g/mol. The normalized spacial score (nSPS) is 22.9. The Morgan fingerprint density at radius 3 is 2.21 bits per heavy atom. The molecule has 0 aromatic rings. The molecule has 0 aromatic carbocycles. The second kappa shape index (κ2) is 5.79. The lowest BCUT2D eigenvalue weighted by molar-refractivity contribution is 0.419. The summed E-state index contributed by atoms with van der Waals surface area (Å²) in [6.45, 7) is 2.00. The first-order valence-electron chi connectivity index (χ1n) is 5.25. The van der Waals surface area contributed by atoms with E-state index < -0.39 is 6.00 Å². The molecule has 0 N–H and O–H groups in total. The van der Waals surface area contributed by atoms with Crippen LogP contribution in [0.4, 0.5) is 0 Å². The van der Waals surface area contributed by atoms with Gasteiger partial charge in [0.05, 0.1) is 0 Å². The summed E-state index contributed by atoms with van der Waals surface area (Å²) in [5.41, 5.74) is 0.134. The monoisotopic (exact) mass is 270 g/mol. The molecule has 1 unspecified atom stereocenters. The summed E-state index contributed by atoms with van der Waals surface area (Å²) in [6, 6.07) is -2.52. The Hall–Kier alpha value is 0.827. The predicted molar refractivity (Wildman–Crippen MR) is 68.5 cm³/mol. The third-order valence-corrected chi connectivity index (χ3v) is 7.16. The molecular weight excluding hydrogens is 255 g/mol. The fourth-order valence-corrected chi connectivity index (χ4v) is 2.74. The van der Waals surface area contributed by atoms with Crippen LogP contribution in [-0.4, -0.2) is 6.00 Å². The van der Waals surface area contributed by atoms with Crippen molar-refractivity contribution in [3.8, 4) is 0 Å². The highest BCUT2D eigenvalue weighted by molar-refractivity contribution is 7.65. The lowest BCUT2D eigenvalue weighted by Gasteiger charge is -2.19. The third kappa shape index (κ3) is 4.56. The van der Waals surface area contributed by atoms with Crippen LogP contribution in [0.3, 0.4) is 0 Å². The minimum atomic E-state index is -2.52. The first-order chi connectivity index (χ1) is 6.50. The van der Waals surface area contributed by atoms with Gasteiger partial charge in [0.1, 0.15) is 0 Å². The first kappa shape index (κ1) is 12.9. The van der Waals surface area contributed by atoms with Crippen molar-refractivity contribution < 1.29 is 0 Å². The molecule has 0 aliphatic heterocycles. The zero-order valence-corrected chi connectivity index (χ0v) is 11.7. The molecule has 1 aliphatic carbocycles. The zero-order valence-electron chi connectivity index (χ0n) is 8.48. The summed E-state index contributed by atoms with van der Waals surface area (Å²) in [5.74, 6) is 0.729. The molecule has 0 spiro atoms. The average Bonchev–Trinajstić information content (AvgIpc) is 2.14. The summed E-state index contributed by atoms with van der Waals surface area (Å²) in [6.07, 6.45) is 11.1. The largest absolute Gasteiger partial charge is 0.347 e. The molecule has 1 rings (SSSR count). The lowest BCUT2D eigenvalue weighted by Crippen LogP contribution is -2.15. The van der Waals surface area contributed by atoms with Crippen LogP contribution in [0.5, 0.6) is 0 Å². The van der Waals surface area contributed by atoms with Gasteiger partial charge in [-0.2, -0.15) is 0 Å². The molecule has 0 saturated heterocycles. The van der Waals surface area contributed by atoms with Gasteiger partial charge >= 0.3 is 6.00 Å². The number of allylic oxidation sites excluding steroid dienone is 2. The van der Waals surface area contributed by atoms with E-state index in [1.54, 1.807) is 0 Å². The first-order valence-corrected chi connectivity index (χ1v) is 10.4. The van der Waals surface area contributed by atoms with Gasteiger partial charge in [-0.3, -0.25) is 0 Å². The van der Waals surface area contributed by atoms with Crippen molar-refractivity contribution in [1.29, 1.82) is 0 Å². The Bertz CT molecular complexity index is 192. The van der Waals surface area contributed by atoms with Gasteiger partial charge in [0.2, 0.25) is 0 Å². The smallest absolute Gasteiger partial charge is 0.125 e. The second-order valence-electron chi connectivity index (χ2n) is 4.11. The molecule has 0 aromatic heterocycles. The molecule has 0 heterocycles. The number of hydrogen-bond donors (Lipinski definition) is 0. The zero-order chi connectivity index (χ0) is 10.6.